The largest absolute Gasteiger partial charge is 0.486 e. The number of carbonyl (C=O) groups is 1. The summed E-state index contributed by atoms with van der Waals surface area (Å²) < 4.78 is 24.7. The van der Waals surface area contributed by atoms with E-state index in [2.05, 4.69) is 0 Å². The lowest BCUT2D eigenvalue weighted by Crippen LogP contribution is -2.09. The van der Waals surface area contributed by atoms with E-state index in [1.807, 2.05) is 26.0 Å². The van der Waals surface area contributed by atoms with Gasteiger partial charge in [-0.05, 0) is 43.2 Å². The van der Waals surface area contributed by atoms with Gasteiger partial charge in [0.05, 0.1) is 0 Å². The molecule has 0 radical (unpaired) electrons. The lowest BCUT2D eigenvalue weighted by molar-refractivity contribution is -0.134. The van der Waals surface area contributed by atoms with Crippen molar-refractivity contribution in [2.45, 2.75) is 33.8 Å². The molecule has 0 bridgehead atoms. The molecule has 0 atom stereocenters. The second-order valence-corrected chi connectivity index (χ2v) is 5.10. The van der Waals surface area contributed by atoms with Crippen LogP contribution in [0, 0.1) is 19.7 Å². The minimum Gasteiger partial charge on any atom is -0.486 e. The number of benzene rings is 2. The van der Waals surface area contributed by atoms with Crippen molar-refractivity contribution in [3.05, 3.63) is 58.9 Å². The molecule has 0 unspecified atom stereocenters. The first-order valence-electron chi connectivity index (χ1n) is 7.19. The number of halogens is 1. The zero-order valence-corrected chi connectivity index (χ0v) is 13.0. The van der Waals surface area contributed by atoms with Gasteiger partial charge in [-0.1, -0.05) is 25.1 Å². The maximum atomic E-state index is 13.8. The molecule has 3 nitrogen and oxygen atoms in total. The molecule has 2 rings (SSSR count). The van der Waals surface area contributed by atoms with Crippen LogP contribution in [-0.4, -0.2) is 5.97 Å². The van der Waals surface area contributed by atoms with Crippen molar-refractivity contribution in [1.29, 1.82) is 0 Å². The van der Waals surface area contributed by atoms with E-state index < -0.39 is 5.82 Å². The van der Waals surface area contributed by atoms with E-state index in [9.17, 15) is 9.18 Å². The molecule has 0 N–H and O–H groups in total. The third-order valence-electron chi connectivity index (χ3n) is 3.34. The summed E-state index contributed by atoms with van der Waals surface area (Å²) >= 11 is 0. The molecule has 2 aromatic carbocycles. The van der Waals surface area contributed by atoms with Crippen molar-refractivity contribution in [3.63, 3.8) is 0 Å². The van der Waals surface area contributed by atoms with E-state index in [-0.39, 0.29) is 18.3 Å². The van der Waals surface area contributed by atoms with Gasteiger partial charge in [-0.15, -0.1) is 0 Å². The molecule has 0 aliphatic carbocycles. The summed E-state index contributed by atoms with van der Waals surface area (Å²) in [6.45, 7) is 5.58. The van der Waals surface area contributed by atoms with E-state index in [4.69, 9.17) is 9.47 Å². The van der Waals surface area contributed by atoms with Gasteiger partial charge in [0.25, 0.3) is 0 Å². The highest BCUT2D eigenvalue weighted by atomic mass is 19.1. The van der Waals surface area contributed by atoms with Crippen LogP contribution < -0.4 is 9.47 Å². The van der Waals surface area contributed by atoms with Gasteiger partial charge in [-0.25, -0.2) is 4.39 Å². The first-order chi connectivity index (χ1) is 10.5. The Hall–Kier alpha value is -2.36. The first kappa shape index (κ1) is 16.0. The minimum absolute atomic E-state index is 0.138. The molecule has 0 heterocycles. The average molecular weight is 302 g/mol. The number of rotatable bonds is 5. The molecule has 22 heavy (non-hydrogen) atoms. The van der Waals surface area contributed by atoms with Crippen LogP contribution in [0.25, 0.3) is 0 Å². The molecule has 116 valence electrons. The Morgan fingerprint density at radius 2 is 1.91 bits per heavy atom. The van der Waals surface area contributed by atoms with E-state index in [1.165, 1.54) is 6.07 Å². The van der Waals surface area contributed by atoms with Crippen molar-refractivity contribution >= 4 is 5.97 Å². The third-order valence-corrected chi connectivity index (χ3v) is 3.34. The molecular weight excluding hydrogens is 283 g/mol. The van der Waals surface area contributed by atoms with E-state index in [0.717, 1.165) is 16.7 Å². The quantitative estimate of drug-likeness (QED) is 0.609. The highest BCUT2D eigenvalue weighted by molar-refractivity contribution is 5.72. The summed E-state index contributed by atoms with van der Waals surface area (Å²) in [5, 5.41) is 0. The van der Waals surface area contributed by atoms with Crippen LogP contribution in [0.1, 0.15) is 30.0 Å². The van der Waals surface area contributed by atoms with Crippen molar-refractivity contribution in [3.8, 4) is 11.5 Å². The first-order valence-corrected chi connectivity index (χ1v) is 7.19. The maximum Gasteiger partial charge on any atom is 0.310 e. The van der Waals surface area contributed by atoms with Crippen molar-refractivity contribution in [2.24, 2.45) is 0 Å². The molecule has 0 aliphatic rings. The maximum absolute atomic E-state index is 13.8. The van der Waals surface area contributed by atoms with Gasteiger partial charge in [-0.2, -0.15) is 0 Å². The predicted molar refractivity (Wildman–Crippen MR) is 82.6 cm³/mol. The molecular formula is C18H19FO3. The van der Waals surface area contributed by atoms with Crippen LogP contribution >= 0.6 is 0 Å². The fraction of sp³-hybridized carbons (Fsp3) is 0.278. The number of esters is 1. The molecule has 0 saturated carbocycles. The number of ether oxygens (including phenoxy) is 2. The number of aryl methyl sites for hydroxylation is 2. The zero-order chi connectivity index (χ0) is 16.1. The summed E-state index contributed by atoms with van der Waals surface area (Å²) in [5.41, 5.74) is 2.50. The SMILES string of the molecule is CCC(=O)Oc1cccc(C)c1COc1ccc(C)cc1F. The molecule has 0 aliphatic heterocycles. The van der Waals surface area contributed by atoms with Crippen LogP contribution in [0.5, 0.6) is 11.5 Å². The Balaban J connectivity index is 2.19. The predicted octanol–water partition coefficient (Wildman–Crippen LogP) is 4.34. The molecule has 0 saturated heterocycles. The van der Waals surface area contributed by atoms with Gasteiger partial charge in [-0.3, -0.25) is 4.79 Å². The second kappa shape index (κ2) is 7.07. The Morgan fingerprint density at radius 1 is 1.14 bits per heavy atom. The normalized spacial score (nSPS) is 10.4. The Morgan fingerprint density at radius 3 is 2.59 bits per heavy atom. The highest BCUT2D eigenvalue weighted by Crippen LogP contribution is 2.26. The third kappa shape index (κ3) is 3.85. The molecule has 4 heteroatoms. The van der Waals surface area contributed by atoms with Crippen molar-refractivity contribution < 1.29 is 18.7 Å². The topological polar surface area (TPSA) is 35.5 Å². The summed E-state index contributed by atoms with van der Waals surface area (Å²) in [5.74, 6) is -0.0740. The fourth-order valence-corrected chi connectivity index (χ4v) is 2.02. The molecule has 0 spiro atoms. The average Bonchev–Trinajstić information content (AvgIpc) is 2.48. The molecule has 0 amide bonds. The molecule has 0 fully saturated rings. The van der Waals surface area contributed by atoms with Gasteiger partial charge in [0.2, 0.25) is 0 Å². The summed E-state index contributed by atoms with van der Waals surface area (Å²) in [7, 11) is 0. The van der Waals surface area contributed by atoms with Gasteiger partial charge < -0.3 is 9.47 Å². The lowest BCUT2D eigenvalue weighted by atomic mass is 10.1. The van der Waals surface area contributed by atoms with Crippen LogP contribution in [0.4, 0.5) is 4.39 Å². The smallest absolute Gasteiger partial charge is 0.310 e. The zero-order valence-electron chi connectivity index (χ0n) is 13.0. The Kier molecular flexibility index (Phi) is 5.15. The van der Waals surface area contributed by atoms with Crippen LogP contribution in [-0.2, 0) is 11.4 Å². The van der Waals surface area contributed by atoms with E-state index in [0.29, 0.717) is 12.2 Å². The standard InChI is InChI=1S/C18H19FO3/c1-4-18(20)22-16-7-5-6-13(3)14(16)11-21-17-9-8-12(2)10-15(17)19/h5-10H,4,11H2,1-3H3. The van der Waals surface area contributed by atoms with Crippen molar-refractivity contribution in [2.75, 3.05) is 0 Å². The van der Waals surface area contributed by atoms with Gasteiger partial charge >= 0.3 is 5.97 Å². The highest BCUT2D eigenvalue weighted by Gasteiger charge is 2.12. The van der Waals surface area contributed by atoms with Gasteiger partial charge in [0.1, 0.15) is 12.4 Å². The molecule has 2 aromatic rings. The fourth-order valence-electron chi connectivity index (χ4n) is 2.02. The number of hydrogen-bond donors (Lipinski definition) is 0. The Labute approximate surface area is 129 Å². The Bertz CT molecular complexity index is 680. The monoisotopic (exact) mass is 302 g/mol. The number of carbonyl (C=O) groups excluding carboxylic acids is 1. The second-order valence-electron chi connectivity index (χ2n) is 5.10. The lowest BCUT2D eigenvalue weighted by Gasteiger charge is -2.14. The minimum atomic E-state index is -0.402. The van der Waals surface area contributed by atoms with Crippen LogP contribution in [0.15, 0.2) is 36.4 Å². The summed E-state index contributed by atoms with van der Waals surface area (Å²) in [4.78, 5) is 11.5. The molecule has 0 aromatic heterocycles. The van der Waals surface area contributed by atoms with Gasteiger partial charge in [0, 0.05) is 12.0 Å². The van der Waals surface area contributed by atoms with Crippen LogP contribution in [0.2, 0.25) is 0 Å². The summed E-state index contributed by atoms with van der Waals surface area (Å²) in [6.07, 6.45) is 0.292. The van der Waals surface area contributed by atoms with E-state index in [1.54, 1.807) is 25.1 Å². The van der Waals surface area contributed by atoms with Crippen LogP contribution in [0.3, 0.4) is 0 Å². The van der Waals surface area contributed by atoms with Gasteiger partial charge in [0.15, 0.2) is 11.6 Å². The summed E-state index contributed by atoms with van der Waals surface area (Å²) in [6, 6.07) is 10.2. The number of hydrogen-bond acceptors (Lipinski definition) is 3. The van der Waals surface area contributed by atoms with Crippen molar-refractivity contribution in [1.82, 2.24) is 0 Å². The van der Waals surface area contributed by atoms with E-state index >= 15 is 0 Å².